The summed E-state index contributed by atoms with van der Waals surface area (Å²) in [6.45, 7) is -2.92. The van der Waals surface area contributed by atoms with Crippen LogP contribution in [0, 0.1) is 0 Å². The van der Waals surface area contributed by atoms with E-state index in [1.54, 1.807) is 48.5 Å². The van der Waals surface area contributed by atoms with Gasteiger partial charge in [0.2, 0.25) is 0 Å². The molecule has 2 rings (SSSR count). The molecular weight excluding hydrogens is 278 g/mol. The number of hydrogen-bond donors (Lipinski definition) is 1. The minimum atomic E-state index is -2.92. The van der Waals surface area contributed by atoms with Crippen LogP contribution in [0.25, 0.3) is 0 Å². The summed E-state index contributed by atoms with van der Waals surface area (Å²) in [6, 6.07) is 14.7. The van der Waals surface area contributed by atoms with Gasteiger partial charge in [0.1, 0.15) is 5.75 Å². The molecule has 0 spiro atoms. The Morgan fingerprint density at radius 3 is 2.48 bits per heavy atom. The average molecular weight is 290 g/mol. The second kappa shape index (κ2) is 7.14. The van der Waals surface area contributed by atoms with Gasteiger partial charge in [0.05, 0.1) is 6.21 Å². The van der Waals surface area contributed by atoms with Gasteiger partial charge in [-0.2, -0.15) is 13.9 Å². The molecule has 1 amide bonds. The number of carbonyl (C=O) groups excluding carboxylic acids is 1. The van der Waals surface area contributed by atoms with E-state index in [2.05, 4.69) is 15.3 Å². The lowest BCUT2D eigenvalue weighted by Crippen LogP contribution is -2.17. The summed E-state index contributed by atoms with van der Waals surface area (Å²) in [4.78, 5) is 11.7. The summed E-state index contributed by atoms with van der Waals surface area (Å²) in [7, 11) is 0. The molecule has 1 N–H and O–H groups in total. The highest BCUT2D eigenvalue weighted by Crippen LogP contribution is 2.18. The molecule has 0 aliphatic carbocycles. The van der Waals surface area contributed by atoms with Crippen molar-refractivity contribution in [2.45, 2.75) is 6.61 Å². The molecule has 0 aromatic heterocycles. The average Bonchev–Trinajstić information content (AvgIpc) is 2.49. The van der Waals surface area contributed by atoms with Crippen molar-refractivity contribution in [3.63, 3.8) is 0 Å². The van der Waals surface area contributed by atoms with Gasteiger partial charge < -0.3 is 4.74 Å². The monoisotopic (exact) mass is 290 g/mol. The third-order valence-corrected chi connectivity index (χ3v) is 2.54. The second-order valence-corrected chi connectivity index (χ2v) is 3.98. The lowest BCUT2D eigenvalue weighted by Gasteiger charge is -2.06. The van der Waals surface area contributed by atoms with Gasteiger partial charge >= 0.3 is 6.61 Å². The molecule has 6 heteroatoms. The Balaban J connectivity index is 2.03. The summed E-state index contributed by atoms with van der Waals surface area (Å²) in [5, 5.41) is 3.74. The fraction of sp³-hybridized carbons (Fsp3) is 0.0667. The van der Waals surface area contributed by atoms with Crippen LogP contribution in [0.2, 0.25) is 0 Å². The molecule has 21 heavy (non-hydrogen) atoms. The first kappa shape index (κ1) is 14.6. The summed E-state index contributed by atoms with van der Waals surface area (Å²) in [5.74, 6) is -0.399. The molecule has 0 bridgehead atoms. The molecule has 2 aromatic rings. The van der Waals surface area contributed by atoms with Gasteiger partial charge in [-0.05, 0) is 24.3 Å². The van der Waals surface area contributed by atoms with Gasteiger partial charge in [0.15, 0.2) is 0 Å². The van der Waals surface area contributed by atoms with Gasteiger partial charge in [-0.1, -0.05) is 30.3 Å². The van der Waals surface area contributed by atoms with E-state index in [9.17, 15) is 13.6 Å². The highest BCUT2D eigenvalue weighted by molar-refractivity contribution is 5.95. The SMILES string of the molecule is O=C(N/N=C/c1ccccc1OC(F)F)c1ccccc1. The van der Waals surface area contributed by atoms with E-state index < -0.39 is 6.61 Å². The molecule has 0 atom stereocenters. The van der Waals surface area contributed by atoms with Crippen molar-refractivity contribution in [1.29, 1.82) is 0 Å². The Morgan fingerprint density at radius 1 is 1.10 bits per heavy atom. The zero-order valence-electron chi connectivity index (χ0n) is 10.9. The van der Waals surface area contributed by atoms with Crippen LogP contribution < -0.4 is 10.2 Å². The largest absolute Gasteiger partial charge is 0.434 e. The maximum absolute atomic E-state index is 12.2. The second-order valence-electron chi connectivity index (χ2n) is 3.98. The number of carbonyl (C=O) groups is 1. The van der Waals surface area contributed by atoms with Crippen LogP contribution >= 0.6 is 0 Å². The fourth-order valence-corrected chi connectivity index (χ4v) is 1.61. The predicted octanol–water partition coefficient (Wildman–Crippen LogP) is 3.05. The number of benzene rings is 2. The number of hydrazone groups is 1. The number of halogens is 2. The third-order valence-electron chi connectivity index (χ3n) is 2.54. The van der Waals surface area contributed by atoms with E-state index in [1.165, 1.54) is 12.3 Å². The highest BCUT2D eigenvalue weighted by atomic mass is 19.3. The van der Waals surface area contributed by atoms with Gasteiger partial charge in [-0.15, -0.1) is 0 Å². The van der Waals surface area contributed by atoms with Gasteiger partial charge in [-0.25, -0.2) is 5.43 Å². The summed E-state index contributed by atoms with van der Waals surface area (Å²) in [6.07, 6.45) is 1.25. The van der Waals surface area contributed by atoms with Crippen LogP contribution in [0.3, 0.4) is 0 Å². The van der Waals surface area contributed by atoms with E-state index in [4.69, 9.17) is 0 Å². The summed E-state index contributed by atoms with van der Waals surface area (Å²) < 4.78 is 28.8. The first-order chi connectivity index (χ1) is 10.2. The molecule has 4 nitrogen and oxygen atoms in total. The van der Waals surface area contributed by atoms with E-state index in [0.29, 0.717) is 11.1 Å². The van der Waals surface area contributed by atoms with Crippen molar-refractivity contribution >= 4 is 12.1 Å². The van der Waals surface area contributed by atoms with Crippen molar-refractivity contribution in [3.05, 3.63) is 65.7 Å². The van der Waals surface area contributed by atoms with Crippen molar-refractivity contribution in [2.75, 3.05) is 0 Å². The van der Waals surface area contributed by atoms with Gasteiger partial charge in [-0.3, -0.25) is 4.79 Å². The Morgan fingerprint density at radius 2 is 1.76 bits per heavy atom. The number of rotatable bonds is 5. The molecule has 0 aliphatic heterocycles. The predicted molar refractivity (Wildman–Crippen MR) is 74.6 cm³/mol. The minimum Gasteiger partial charge on any atom is -0.434 e. The van der Waals surface area contributed by atoms with Crippen LogP contribution in [0.4, 0.5) is 8.78 Å². The zero-order chi connectivity index (χ0) is 15.1. The van der Waals surface area contributed by atoms with E-state index >= 15 is 0 Å². The molecule has 0 saturated heterocycles. The number of hydrogen-bond acceptors (Lipinski definition) is 3. The first-order valence-electron chi connectivity index (χ1n) is 6.09. The number of nitrogens with one attached hydrogen (secondary N) is 1. The molecule has 108 valence electrons. The molecule has 0 fully saturated rings. The Labute approximate surface area is 120 Å². The topological polar surface area (TPSA) is 50.7 Å². The van der Waals surface area contributed by atoms with Gasteiger partial charge in [0, 0.05) is 11.1 Å². The molecule has 0 aliphatic rings. The molecule has 0 saturated carbocycles. The van der Waals surface area contributed by atoms with Crippen LogP contribution in [0.1, 0.15) is 15.9 Å². The number of alkyl halides is 2. The summed E-state index contributed by atoms with van der Waals surface area (Å²) in [5.41, 5.74) is 3.11. The standard InChI is InChI=1S/C15H12F2N2O2/c16-15(17)21-13-9-5-4-8-12(13)10-18-19-14(20)11-6-2-1-3-7-11/h1-10,15H,(H,19,20)/b18-10+. The van der Waals surface area contributed by atoms with Crippen molar-refractivity contribution < 1.29 is 18.3 Å². The lowest BCUT2D eigenvalue weighted by molar-refractivity contribution is -0.0499. The molecule has 0 unspecified atom stereocenters. The van der Waals surface area contributed by atoms with Gasteiger partial charge in [0.25, 0.3) is 5.91 Å². The van der Waals surface area contributed by atoms with Crippen LogP contribution in [-0.4, -0.2) is 18.7 Å². The number of para-hydroxylation sites is 1. The highest BCUT2D eigenvalue weighted by Gasteiger charge is 2.07. The maximum Gasteiger partial charge on any atom is 0.387 e. The van der Waals surface area contributed by atoms with Crippen molar-refractivity contribution in [2.24, 2.45) is 5.10 Å². The smallest absolute Gasteiger partial charge is 0.387 e. The molecule has 0 radical (unpaired) electrons. The summed E-state index contributed by atoms with van der Waals surface area (Å²) >= 11 is 0. The molecular formula is C15H12F2N2O2. The lowest BCUT2D eigenvalue weighted by atomic mass is 10.2. The van der Waals surface area contributed by atoms with E-state index in [0.717, 1.165) is 0 Å². The Hall–Kier alpha value is -2.76. The number of nitrogens with zero attached hydrogens (tertiary/aromatic N) is 1. The molecule has 2 aromatic carbocycles. The quantitative estimate of drug-likeness (QED) is 0.679. The number of amides is 1. The van der Waals surface area contributed by atoms with Crippen LogP contribution in [0.5, 0.6) is 5.75 Å². The van der Waals surface area contributed by atoms with Crippen LogP contribution in [0.15, 0.2) is 59.7 Å². The normalized spacial score (nSPS) is 10.8. The number of ether oxygens (including phenoxy) is 1. The van der Waals surface area contributed by atoms with E-state index in [1.807, 2.05) is 0 Å². The van der Waals surface area contributed by atoms with Crippen molar-refractivity contribution in [3.8, 4) is 5.75 Å². The third kappa shape index (κ3) is 4.38. The maximum atomic E-state index is 12.2. The Kier molecular flexibility index (Phi) is 4.98. The minimum absolute atomic E-state index is 0.00906. The first-order valence-corrected chi connectivity index (χ1v) is 6.09. The van der Waals surface area contributed by atoms with E-state index in [-0.39, 0.29) is 11.7 Å². The molecule has 0 heterocycles. The fourth-order valence-electron chi connectivity index (χ4n) is 1.61. The zero-order valence-corrected chi connectivity index (χ0v) is 10.9. The van der Waals surface area contributed by atoms with Crippen LogP contribution in [-0.2, 0) is 0 Å². The Bertz CT molecular complexity index is 631. The van der Waals surface area contributed by atoms with Crippen molar-refractivity contribution in [1.82, 2.24) is 5.43 Å².